The van der Waals surface area contributed by atoms with E-state index in [1.165, 1.54) is 18.2 Å². The second-order valence-electron chi connectivity index (χ2n) is 8.93. The normalized spacial score (nSPS) is 18.9. The molecule has 2 aliphatic rings. The van der Waals surface area contributed by atoms with Gasteiger partial charge in [0.1, 0.15) is 11.4 Å². The van der Waals surface area contributed by atoms with Crippen molar-refractivity contribution >= 4 is 33.2 Å². The van der Waals surface area contributed by atoms with Gasteiger partial charge in [-0.3, -0.25) is 4.79 Å². The third kappa shape index (κ3) is 4.72. The first-order valence-electron chi connectivity index (χ1n) is 11.1. The summed E-state index contributed by atoms with van der Waals surface area (Å²) in [6.45, 7) is 0.513. The van der Waals surface area contributed by atoms with Crippen LogP contribution < -0.4 is 16.0 Å². The summed E-state index contributed by atoms with van der Waals surface area (Å²) in [5.74, 6) is -0.508. The van der Waals surface area contributed by atoms with Crippen molar-refractivity contribution in [3.63, 3.8) is 0 Å². The molecular weight excluding hydrogens is 495 g/mol. The van der Waals surface area contributed by atoms with Crippen molar-refractivity contribution in [2.75, 3.05) is 23.4 Å². The Balaban J connectivity index is 1.40. The van der Waals surface area contributed by atoms with Crippen LogP contribution in [0.3, 0.4) is 0 Å². The lowest BCUT2D eigenvalue weighted by atomic mass is 9.97. The van der Waals surface area contributed by atoms with E-state index in [9.17, 15) is 26.4 Å². The van der Waals surface area contributed by atoms with Crippen LogP contribution in [0.5, 0.6) is 0 Å². The van der Waals surface area contributed by atoms with E-state index in [1.807, 2.05) is 12.1 Å². The van der Waals surface area contributed by atoms with Crippen molar-refractivity contribution in [2.45, 2.75) is 35.9 Å². The molecule has 188 valence electrons. The first-order chi connectivity index (χ1) is 17.0. The Morgan fingerprint density at radius 3 is 2.69 bits per heavy atom. The number of hydrogen-bond acceptors (Lipinski definition) is 7. The van der Waals surface area contributed by atoms with Crippen LogP contribution in [0.25, 0.3) is 0 Å². The molecule has 8 nitrogen and oxygen atoms in total. The SMILES string of the molecule is CS(=O)(=O)c1cccc(CNc2nc(Nc3ccc4c(c3)[C@@H]3C[C@@H]4CNC3=O)ncc2C(F)(F)F)c1. The zero-order valence-corrected chi connectivity index (χ0v) is 19.9. The van der Waals surface area contributed by atoms with Crippen LogP contribution in [0.4, 0.5) is 30.6 Å². The van der Waals surface area contributed by atoms with Crippen LogP contribution in [-0.4, -0.2) is 37.1 Å². The number of fused-ring (bicyclic) bond motifs is 5. The summed E-state index contributed by atoms with van der Waals surface area (Å²) in [5, 5.41) is 8.49. The van der Waals surface area contributed by atoms with Crippen molar-refractivity contribution < 1.29 is 26.4 Å². The van der Waals surface area contributed by atoms with Crippen molar-refractivity contribution in [1.29, 1.82) is 0 Å². The lowest BCUT2D eigenvalue weighted by Crippen LogP contribution is -2.34. The quantitative estimate of drug-likeness (QED) is 0.454. The van der Waals surface area contributed by atoms with Crippen LogP contribution in [0.2, 0.25) is 0 Å². The van der Waals surface area contributed by atoms with Gasteiger partial charge in [0.15, 0.2) is 9.84 Å². The highest BCUT2D eigenvalue weighted by Crippen LogP contribution is 2.45. The maximum absolute atomic E-state index is 13.6. The second-order valence-corrected chi connectivity index (χ2v) is 10.9. The van der Waals surface area contributed by atoms with Gasteiger partial charge in [0, 0.05) is 37.1 Å². The monoisotopic (exact) mass is 517 g/mol. The van der Waals surface area contributed by atoms with Crippen molar-refractivity contribution in [1.82, 2.24) is 15.3 Å². The summed E-state index contributed by atoms with van der Waals surface area (Å²) in [6.07, 6.45) is -2.20. The molecule has 5 rings (SSSR count). The molecule has 0 saturated carbocycles. The molecule has 1 amide bonds. The average Bonchev–Trinajstić information content (AvgIpc) is 3.12. The number of hydrogen-bond donors (Lipinski definition) is 3. The molecule has 36 heavy (non-hydrogen) atoms. The van der Waals surface area contributed by atoms with Gasteiger partial charge < -0.3 is 16.0 Å². The number of piperidine rings is 1. The maximum Gasteiger partial charge on any atom is 0.421 e. The van der Waals surface area contributed by atoms with E-state index in [0.717, 1.165) is 23.8 Å². The summed E-state index contributed by atoms with van der Waals surface area (Å²) < 4.78 is 64.4. The first-order valence-corrected chi connectivity index (χ1v) is 13.0. The second kappa shape index (κ2) is 8.77. The van der Waals surface area contributed by atoms with E-state index in [0.29, 0.717) is 24.0 Å². The largest absolute Gasteiger partial charge is 0.421 e. The minimum Gasteiger partial charge on any atom is -0.365 e. The van der Waals surface area contributed by atoms with E-state index >= 15 is 0 Å². The Morgan fingerprint density at radius 2 is 1.94 bits per heavy atom. The van der Waals surface area contributed by atoms with Crippen LogP contribution in [0.15, 0.2) is 53.6 Å². The fourth-order valence-electron chi connectivity index (χ4n) is 4.64. The van der Waals surface area contributed by atoms with Gasteiger partial charge >= 0.3 is 6.18 Å². The number of carbonyl (C=O) groups excluding carboxylic acids is 1. The average molecular weight is 518 g/mol. The summed E-state index contributed by atoms with van der Waals surface area (Å²) in [5.41, 5.74) is 1.97. The summed E-state index contributed by atoms with van der Waals surface area (Å²) in [7, 11) is -3.46. The van der Waals surface area contributed by atoms with Gasteiger partial charge in [-0.05, 0) is 47.4 Å². The van der Waals surface area contributed by atoms with Crippen LogP contribution in [-0.2, 0) is 27.4 Å². The zero-order chi connectivity index (χ0) is 25.7. The fourth-order valence-corrected chi connectivity index (χ4v) is 5.33. The molecule has 0 spiro atoms. The smallest absolute Gasteiger partial charge is 0.365 e. The number of sulfone groups is 1. The van der Waals surface area contributed by atoms with Crippen LogP contribution in [0, 0.1) is 0 Å². The molecule has 2 bridgehead atoms. The van der Waals surface area contributed by atoms with Crippen LogP contribution >= 0.6 is 0 Å². The Kier molecular flexibility index (Phi) is 5.86. The highest BCUT2D eigenvalue weighted by molar-refractivity contribution is 7.90. The maximum atomic E-state index is 13.6. The molecular formula is C24H22F3N5O3S. The lowest BCUT2D eigenvalue weighted by Gasteiger charge is -2.19. The predicted molar refractivity (Wildman–Crippen MR) is 127 cm³/mol. The first kappa shape index (κ1) is 24.0. The topological polar surface area (TPSA) is 113 Å². The minimum atomic E-state index is -4.70. The number of carbonyl (C=O) groups is 1. The number of anilines is 3. The summed E-state index contributed by atoms with van der Waals surface area (Å²) in [6, 6.07) is 11.5. The highest BCUT2D eigenvalue weighted by atomic mass is 32.2. The Morgan fingerprint density at radius 1 is 1.14 bits per heavy atom. The highest BCUT2D eigenvalue weighted by Gasteiger charge is 2.39. The number of amides is 1. The molecule has 0 unspecified atom stereocenters. The molecule has 2 aromatic carbocycles. The third-order valence-electron chi connectivity index (χ3n) is 6.40. The Hall–Kier alpha value is -3.67. The van der Waals surface area contributed by atoms with E-state index in [1.54, 1.807) is 12.1 Å². The zero-order valence-electron chi connectivity index (χ0n) is 19.1. The van der Waals surface area contributed by atoms with Gasteiger partial charge in [-0.1, -0.05) is 18.2 Å². The van der Waals surface area contributed by atoms with Crippen molar-refractivity contribution in [3.8, 4) is 0 Å². The van der Waals surface area contributed by atoms with E-state index in [-0.39, 0.29) is 35.1 Å². The van der Waals surface area contributed by atoms with E-state index in [2.05, 4.69) is 25.9 Å². The number of nitrogens with one attached hydrogen (secondary N) is 3. The fraction of sp³-hybridized carbons (Fsp3) is 0.292. The van der Waals surface area contributed by atoms with E-state index in [4.69, 9.17) is 0 Å². The number of rotatable bonds is 6. The van der Waals surface area contributed by atoms with Crippen molar-refractivity contribution in [2.24, 2.45) is 0 Å². The number of benzene rings is 2. The minimum absolute atomic E-state index is 0.0284. The van der Waals surface area contributed by atoms with Gasteiger partial charge in [0.25, 0.3) is 0 Å². The molecule has 1 aliphatic heterocycles. The number of halogens is 3. The number of alkyl halides is 3. The predicted octanol–water partition coefficient (Wildman–Crippen LogP) is 3.96. The third-order valence-corrected chi connectivity index (χ3v) is 7.51. The van der Waals surface area contributed by atoms with Crippen LogP contribution in [0.1, 0.15) is 40.5 Å². The summed E-state index contributed by atoms with van der Waals surface area (Å²) >= 11 is 0. The number of aromatic nitrogens is 2. The molecule has 0 radical (unpaired) electrons. The lowest BCUT2D eigenvalue weighted by molar-refractivity contribution is -0.137. The van der Waals surface area contributed by atoms with Gasteiger partial charge in [0.05, 0.1) is 10.8 Å². The molecule has 12 heteroatoms. The molecule has 1 saturated heterocycles. The van der Waals surface area contributed by atoms with Gasteiger partial charge in [-0.15, -0.1) is 0 Å². The Bertz CT molecular complexity index is 1460. The molecule has 1 fully saturated rings. The van der Waals surface area contributed by atoms with Crippen molar-refractivity contribution in [3.05, 3.63) is 70.9 Å². The molecule has 3 N–H and O–H groups in total. The van der Waals surface area contributed by atoms with Gasteiger partial charge in [0.2, 0.25) is 11.9 Å². The number of nitrogens with zero attached hydrogens (tertiary/aromatic N) is 2. The molecule has 3 aromatic rings. The van der Waals surface area contributed by atoms with Gasteiger partial charge in [-0.25, -0.2) is 13.4 Å². The molecule has 1 aromatic heterocycles. The Labute approximate surface area is 205 Å². The van der Waals surface area contributed by atoms with Gasteiger partial charge in [-0.2, -0.15) is 18.2 Å². The molecule has 1 aliphatic carbocycles. The van der Waals surface area contributed by atoms with E-state index < -0.39 is 27.4 Å². The molecule has 2 atom stereocenters. The standard InChI is InChI=1S/C24H22F3N5O3S/c1-36(34,35)16-4-2-3-13(7-16)10-28-21-20(24(25,26)27)12-30-23(32-21)31-15-5-6-17-14-8-19(18(17)9-15)22(33)29-11-14/h2-7,9,12,14,19H,8,10-11H2,1H3,(H,29,33)(H2,28,30,31,32)/t14-,19+/m1/s1. The molecule has 2 heterocycles. The summed E-state index contributed by atoms with van der Waals surface area (Å²) in [4.78, 5) is 20.2.